The minimum atomic E-state index is -3.73. The number of sulfonamides is 1. The molecule has 1 aromatic carbocycles. The second kappa shape index (κ2) is 5.76. The zero-order chi connectivity index (χ0) is 15.6. The summed E-state index contributed by atoms with van der Waals surface area (Å²) in [5, 5.41) is 10.7. The second-order valence-electron chi connectivity index (χ2n) is 4.75. The molecule has 1 aromatic heterocycles. The Labute approximate surface area is 122 Å². The normalized spacial score (nSPS) is 11.9. The lowest BCUT2D eigenvalue weighted by Crippen LogP contribution is -2.37. The summed E-state index contributed by atoms with van der Waals surface area (Å²) in [6.07, 6.45) is 0. The first-order valence-electron chi connectivity index (χ1n) is 6.31. The van der Waals surface area contributed by atoms with E-state index in [1.54, 1.807) is 13.1 Å². The number of hydrogen-bond donors (Lipinski definition) is 0. The van der Waals surface area contributed by atoms with Crippen molar-refractivity contribution in [2.45, 2.75) is 25.6 Å². The van der Waals surface area contributed by atoms with Gasteiger partial charge in [-0.1, -0.05) is 12.1 Å². The summed E-state index contributed by atoms with van der Waals surface area (Å²) in [4.78, 5) is 1.22. The van der Waals surface area contributed by atoms with Gasteiger partial charge in [0.2, 0.25) is 10.0 Å². The minimum Gasteiger partial charge on any atom is -0.259 e. The molecule has 0 saturated heterocycles. The Balaban J connectivity index is 2.47. The van der Waals surface area contributed by atoms with Gasteiger partial charge < -0.3 is 0 Å². The average Bonchev–Trinajstić information content (AvgIpc) is 2.82. The first kappa shape index (κ1) is 15.4. The standard InChI is InChI=1S/C12H16FN5O2S/c1-9(2)21(19,20)18(8-12-14-16-17(3)15-12)11-7-5-4-6-10(11)13/h4-7,9H,8H2,1-3H3. The summed E-state index contributed by atoms with van der Waals surface area (Å²) in [6.45, 7) is 2.90. The minimum absolute atomic E-state index is 0.0290. The van der Waals surface area contributed by atoms with E-state index in [-0.39, 0.29) is 18.1 Å². The molecule has 0 amide bonds. The molecule has 0 atom stereocenters. The number of rotatable bonds is 5. The van der Waals surface area contributed by atoms with E-state index in [9.17, 15) is 12.8 Å². The maximum Gasteiger partial charge on any atom is 0.238 e. The number of benzene rings is 1. The van der Waals surface area contributed by atoms with Crippen LogP contribution in [0.1, 0.15) is 19.7 Å². The van der Waals surface area contributed by atoms with Crippen LogP contribution in [0.15, 0.2) is 24.3 Å². The predicted octanol–water partition coefficient (Wildman–Crippen LogP) is 1.09. The molecular formula is C12H16FN5O2S. The fourth-order valence-electron chi connectivity index (χ4n) is 1.74. The molecule has 2 aromatic rings. The number of para-hydroxylation sites is 1. The average molecular weight is 313 g/mol. The van der Waals surface area contributed by atoms with Crippen molar-refractivity contribution in [2.24, 2.45) is 7.05 Å². The molecule has 9 heteroatoms. The van der Waals surface area contributed by atoms with Crippen LogP contribution in [0.2, 0.25) is 0 Å². The largest absolute Gasteiger partial charge is 0.259 e. The third-order valence-electron chi connectivity index (χ3n) is 2.86. The molecule has 0 aliphatic rings. The number of anilines is 1. The van der Waals surface area contributed by atoms with Crippen LogP contribution in [0.3, 0.4) is 0 Å². The van der Waals surface area contributed by atoms with E-state index < -0.39 is 21.1 Å². The highest BCUT2D eigenvalue weighted by Crippen LogP contribution is 2.25. The van der Waals surface area contributed by atoms with Gasteiger partial charge in [-0.25, -0.2) is 12.8 Å². The maximum atomic E-state index is 14.0. The maximum absolute atomic E-state index is 14.0. The molecule has 0 aliphatic heterocycles. The quantitative estimate of drug-likeness (QED) is 0.825. The summed E-state index contributed by atoms with van der Waals surface area (Å²) < 4.78 is 39.9. The lowest BCUT2D eigenvalue weighted by molar-refractivity contribution is 0.574. The summed E-state index contributed by atoms with van der Waals surface area (Å²) >= 11 is 0. The summed E-state index contributed by atoms with van der Waals surface area (Å²) in [7, 11) is -2.16. The Bertz CT molecular complexity index is 729. The Morgan fingerprint density at radius 2 is 2.00 bits per heavy atom. The lowest BCUT2D eigenvalue weighted by Gasteiger charge is -2.25. The molecule has 7 nitrogen and oxygen atoms in total. The highest BCUT2D eigenvalue weighted by molar-refractivity contribution is 7.93. The van der Waals surface area contributed by atoms with Crippen LogP contribution in [0.25, 0.3) is 0 Å². The Morgan fingerprint density at radius 3 is 2.52 bits per heavy atom. The van der Waals surface area contributed by atoms with Crippen LogP contribution in [0.5, 0.6) is 0 Å². The summed E-state index contributed by atoms with van der Waals surface area (Å²) in [6, 6.07) is 5.69. The van der Waals surface area contributed by atoms with Crippen molar-refractivity contribution in [3.8, 4) is 0 Å². The van der Waals surface area contributed by atoms with Crippen molar-refractivity contribution in [3.63, 3.8) is 0 Å². The molecule has 0 fully saturated rings. The van der Waals surface area contributed by atoms with Crippen LogP contribution in [-0.2, 0) is 23.6 Å². The smallest absolute Gasteiger partial charge is 0.238 e. The summed E-state index contributed by atoms with van der Waals surface area (Å²) in [5.74, 6) is -0.421. The van der Waals surface area contributed by atoms with E-state index >= 15 is 0 Å². The number of tetrazole rings is 1. The van der Waals surface area contributed by atoms with E-state index in [1.165, 1.54) is 36.8 Å². The van der Waals surface area contributed by atoms with Gasteiger partial charge >= 0.3 is 0 Å². The van der Waals surface area contributed by atoms with Gasteiger partial charge in [0.05, 0.1) is 24.5 Å². The highest BCUT2D eigenvalue weighted by Gasteiger charge is 2.29. The van der Waals surface area contributed by atoms with Crippen molar-refractivity contribution in [1.82, 2.24) is 20.2 Å². The van der Waals surface area contributed by atoms with Crippen LogP contribution in [0.4, 0.5) is 10.1 Å². The molecule has 0 radical (unpaired) electrons. The van der Waals surface area contributed by atoms with Crippen LogP contribution in [0, 0.1) is 5.82 Å². The molecular weight excluding hydrogens is 297 g/mol. The third-order valence-corrected chi connectivity index (χ3v) is 4.99. The first-order chi connectivity index (χ1) is 9.82. The number of aryl methyl sites for hydroxylation is 1. The first-order valence-corrected chi connectivity index (χ1v) is 7.81. The van der Waals surface area contributed by atoms with Crippen LogP contribution in [-0.4, -0.2) is 33.9 Å². The van der Waals surface area contributed by atoms with Gasteiger partial charge in [-0.2, -0.15) is 4.80 Å². The number of nitrogens with zero attached hydrogens (tertiary/aromatic N) is 5. The third kappa shape index (κ3) is 3.18. The predicted molar refractivity (Wildman–Crippen MR) is 75.4 cm³/mol. The van der Waals surface area contributed by atoms with Crippen molar-refractivity contribution in [2.75, 3.05) is 4.31 Å². The SMILES string of the molecule is CC(C)S(=O)(=O)N(Cc1nnn(C)n1)c1ccccc1F. The number of aromatic nitrogens is 4. The fourth-order valence-corrected chi connectivity index (χ4v) is 2.96. The second-order valence-corrected chi connectivity index (χ2v) is 7.16. The Morgan fingerprint density at radius 1 is 1.33 bits per heavy atom. The molecule has 0 N–H and O–H groups in total. The van der Waals surface area contributed by atoms with Gasteiger partial charge in [0.15, 0.2) is 5.82 Å². The molecule has 0 unspecified atom stereocenters. The molecule has 0 spiro atoms. The van der Waals surface area contributed by atoms with E-state index in [0.717, 1.165) is 4.31 Å². The molecule has 0 saturated carbocycles. The number of hydrogen-bond acceptors (Lipinski definition) is 5. The molecule has 1 heterocycles. The molecule has 114 valence electrons. The molecule has 2 rings (SSSR count). The topological polar surface area (TPSA) is 81.0 Å². The molecule has 0 bridgehead atoms. The zero-order valence-electron chi connectivity index (χ0n) is 11.9. The van der Waals surface area contributed by atoms with Crippen LogP contribution >= 0.6 is 0 Å². The van der Waals surface area contributed by atoms with Crippen molar-refractivity contribution in [3.05, 3.63) is 35.9 Å². The van der Waals surface area contributed by atoms with Gasteiger partial charge in [0.1, 0.15) is 5.82 Å². The number of halogens is 1. The Hall–Kier alpha value is -2.03. The molecule has 21 heavy (non-hydrogen) atoms. The lowest BCUT2D eigenvalue weighted by atomic mass is 10.3. The van der Waals surface area contributed by atoms with E-state index in [2.05, 4.69) is 15.4 Å². The van der Waals surface area contributed by atoms with Crippen molar-refractivity contribution in [1.29, 1.82) is 0 Å². The summed E-state index contributed by atoms with van der Waals surface area (Å²) in [5.41, 5.74) is -0.0290. The Kier molecular flexibility index (Phi) is 4.21. The van der Waals surface area contributed by atoms with Crippen molar-refractivity contribution < 1.29 is 12.8 Å². The molecule has 0 aliphatic carbocycles. The van der Waals surface area contributed by atoms with E-state index in [0.29, 0.717) is 0 Å². The van der Waals surface area contributed by atoms with Crippen molar-refractivity contribution >= 4 is 15.7 Å². The van der Waals surface area contributed by atoms with Gasteiger partial charge in [-0.15, -0.1) is 10.2 Å². The van der Waals surface area contributed by atoms with Gasteiger partial charge in [-0.05, 0) is 31.2 Å². The fraction of sp³-hybridized carbons (Fsp3) is 0.417. The van der Waals surface area contributed by atoms with Crippen LogP contribution < -0.4 is 4.31 Å². The van der Waals surface area contributed by atoms with Gasteiger partial charge in [0, 0.05) is 0 Å². The van der Waals surface area contributed by atoms with E-state index in [4.69, 9.17) is 0 Å². The van der Waals surface area contributed by atoms with E-state index in [1.807, 2.05) is 0 Å². The van der Waals surface area contributed by atoms with Gasteiger partial charge in [0.25, 0.3) is 0 Å². The monoisotopic (exact) mass is 313 g/mol. The zero-order valence-corrected chi connectivity index (χ0v) is 12.7. The van der Waals surface area contributed by atoms with Gasteiger partial charge in [-0.3, -0.25) is 4.31 Å². The highest BCUT2D eigenvalue weighted by atomic mass is 32.2.